The van der Waals surface area contributed by atoms with Crippen molar-refractivity contribution in [2.75, 3.05) is 39.3 Å². The first-order valence-corrected chi connectivity index (χ1v) is 14.3. The molecular formula is C25H28BrN5O4S. The summed E-state index contributed by atoms with van der Waals surface area (Å²) in [6.07, 6.45) is 1.73. The zero-order valence-electron chi connectivity index (χ0n) is 19.8. The number of rotatable bonds is 6. The molecule has 0 aliphatic carbocycles. The fourth-order valence-corrected chi connectivity index (χ4v) is 6.48. The van der Waals surface area contributed by atoms with Gasteiger partial charge < -0.3 is 9.42 Å². The Bertz CT molecular complexity index is 1290. The number of piperazine rings is 1. The molecule has 36 heavy (non-hydrogen) atoms. The maximum atomic E-state index is 13.3. The van der Waals surface area contributed by atoms with Crippen LogP contribution in [0.4, 0.5) is 0 Å². The summed E-state index contributed by atoms with van der Waals surface area (Å²) in [6.45, 7) is 3.40. The lowest BCUT2D eigenvalue weighted by Gasteiger charge is -2.38. The summed E-state index contributed by atoms with van der Waals surface area (Å²) in [5, 5.41) is 4.10. The summed E-state index contributed by atoms with van der Waals surface area (Å²) in [4.78, 5) is 22.1. The third-order valence-electron chi connectivity index (χ3n) is 6.72. The van der Waals surface area contributed by atoms with Crippen LogP contribution in [0.15, 0.2) is 68.5 Å². The molecule has 3 heterocycles. The van der Waals surface area contributed by atoms with E-state index in [1.54, 1.807) is 30.3 Å². The lowest BCUT2D eigenvalue weighted by molar-refractivity contribution is -0.138. The van der Waals surface area contributed by atoms with Crippen LogP contribution < -0.4 is 0 Å². The van der Waals surface area contributed by atoms with Crippen molar-refractivity contribution in [3.8, 4) is 11.4 Å². The zero-order chi connectivity index (χ0) is 25.1. The van der Waals surface area contributed by atoms with Gasteiger partial charge in [0.1, 0.15) is 0 Å². The van der Waals surface area contributed by atoms with Crippen LogP contribution in [0.25, 0.3) is 11.4 Å². The summed E-state index contributed by atoms with van der Waals surface area (Å²) in [7, 11) is -3.54. The van der Waals surface area contributed by atoms with Gasteiger partial charge in [-0.3, -0.25) is 9.69 Å². The molecule has 1 aromatic heterocycles. The van der Waals surface area contributed by atoms with Gasteiger partial charge in [-0.05, 0) is 55.8 Å². The van der Waals surface area contributed by atoms with Crippen LogP contribution in [0.5, 0.6) is 0 Å². The van der Waals surface area contributed by atoms with E-state index in [0.717, 1.165) is 29.4 Å². The fraction of sp³-hybridized carbons (Fsp3) is 0.400. The number of halogens is 1. The number of nitrogens with zero attached hydrogens (tertiary/aromatic N) is 5. The van der Waals surface area contributed by atoms with E-state index in [1.165, 1.54) is 4.31 Å². The SMILES string of the molecule is O=C(C1CCCN(Cc2nc(-c3ccc(Br)cc3)no2)C1)N1CCN(S(=O)(=O)c2ccccc2)CC1. The van der Waals surface area contributed by atoms with E-state index in [1.807, 2.05) is 29.2 Å². The number of piperidine rings is 1. The van der Waals surface area contributed by atoms with Gasteiger partial charge in [0, 0.05) is 42.8 Å². The van der Waals surface area contributed by atoms with Gasteiger partial charge in [0.15, 0.2) is 0 Å². The van der Waals surface area contributed by atoms with Crippen molar-refractivity contribution in [2.45, 2.75) is 24.3 Å². The lowest BCUT2D eigenvalue weighted by atomic mass is 9.96. The Morgan fingerprint density at radius 1 is 1.00 bits per heavy atom. The molecular weight excluding hydrogens is 546 g/mol. The van der Waals surface area contributed by atoms with E-state index in [0.29, 0.717) is 51.0 Å². The minimum Gasteiger partial charge on any atom is -0.340 e. The summed E-state index contributed by atoms with van der Waals surface area (Å²) in [5.41, 5.74) is 0.883. The first kappa shape index (κ1) is 25.1. The van der Waals surface area contributed by atoms with E-state index >= 15 is 0 Å². The Hall–Kier alpha value is -2.60. The van der Waals surface area contributed by atoms with Gasteiger partial charge in [0.25, 0.3) is 0 Å². The molecule has 11 heteroatoms. The van der Waals surface area contributed by atoms with E-state index in [-0.39, 0.29) is 16.7 Å². The highest BCUT2D eigenvalue weighted by Crippen LogP contribution is 2.24. The Kier molecular flexibility index (Phi) is 7.52. The number of carbonyl (C=O) groups excluding carboxylic acids is 1. The monoisotopic (exact) mass is 573 g/mol. The summed E-state index contributed by atoms with van der Waals surface area (Å²) in [6, 6.07) is 16.2. The highest BCUT2D eigenvalue weighted by molar-refractivity contribution is 9.10. The Morgan fingerprint density at radius 3 is 2.44 bits per heavy atom. The molecule has 3 aromatic rings. The van der Waals surface area contributed by atoms with Gasteiger partial charge >= 0.3 is 0 Å². The van der Waals surface area contributed by atoms with Crippen molar-refractivity contribution < 1.29 is 17.7 Å². The van der Waals surface area contributed by atoms with E-state index < -0.39 is 10.0 Å². The van der Waals surface area contributed by atoms with Gasteiger partial charge in [-0.1, -0.05) is 39.3 Å². The molecule has 0 saturated carbocycles. The molecule has 2 aliphatic rings. The van der Waals surface area contributed by atoms with E-state index in [9.17, 15) is 13.2 Å². The molecule has 0 bridgehead atoms. The maximum absolute atomic E-state index is 13.3. The van der Waals surface area contributed by atoms with Crippen molar-refractivity contribution >= 4 is 31.9 Å². The van der Waals surface area contributed by atoms with E-state index in [4.69, 9.17) is 4.52 Å². The van der Waals surface area contributed by atoms with Gasteiger partial charge in [0.05, 0.1) is 17.4 Å². The van der Waals surface area contributed by atoms with Crippen LogP contribution in [0.2, 0.25) is 0 Å². The molecule has 190 valence electrons. The molecule has 2 fully saturated rings. The average molecular weight is 575 g/mol. The molecule has 1 amide bonds. The fourth-order valence-electron chi connectivity index (χ4n) is 4.78. The van der Waals surface area contributed by atoms with Crippen LogP contribution in [0.1, 0.15) is 18.7 Å². The van der Waals surface area contributed by atoms with Crippen LogP contribution in [-0.2, 0) is 21.4 Å². The molecule has 5 rings (SSSR count). The van der Waals surface area contributed by atoms with Crippen molar-refractivity contribution in [1.29, 1.82) is 0 Å². The number of benzene rings is 2. The molecule has 0 spiro atoms. The molecule has 2 saturated heterocycles. The molecule has 0 radical (unpaired) electrons. The first-order valence-electron chi connectivity index (χ1n) is 12.0. The summed E-state index contributed by atoms with van der Waals surface area (Å²) >= 11 is 3.43. The van der Waals surface area contributed by atoms with Crippen LogP contribution in [0, 0.1) is 5.92 Å². The predicted octanol–water partition coefficient (Wildman–Crippen LogP) is 3.24. The molecule has 0 N–H and O–H groups in total. The highest BCUT2D eigenvalue weighted by Gasteiger charge is 2.34. The third kappa shape index (κ3) is 5.54. The number of hydrogen-bond donors (Lipinski definition) is 0. The molecule has 9 nitrogen and oxygen atoms in total. The minimum absolute atomic E-state index is 0.0949. The third-order valence-corrected chi connectivity index (χ3v) is 9.16. The Labute approximate surface area is 219 Å². The quantitative estimate of drug-likeness (QED) is 0.446. The van der Waals surface area contributed by atoms with Crippen LogP contribution in [0.3, 0.4) is 0 Å². The van der Waals surface area contributed by atoms with E-state index in [2.05, 4.69) is 31.0 Å². The molecule has 2 aromatic carbocycles. The Morgan fingerprint density at radius 2 is 1.72 bits per heavy atom. The molecule has 1 atom stereocenters. The standard InChI is InChI=1S/C25H28BrN5O4S/c26-21-10-8-19(9-11-21)24-27-23(35-28-24)18-29-12-4-5-20(17-29)25(32)30-13-15-31(16-14-30)36(33,34)22-6-2-1-3-7-22/h1-3,6-11,20H,4-5,12-18H2. The summed E-state index contributed by atoms with van der Waals surface area (Å²) in [5.74, 6) is 1.05. The van der Waals surface area contributed by atoms with Crippen LogP contribution >= 0.6 is 15.9 Å². The second kappa shape index (κ2) is 10.8. The topological polar surface area (TPSA) is 99.8 Å². The van der Waals surface area contributed by atoms with Gasteiger partial charge in [-0.2, -0.15) is 9.29 Å². The predicted molar refractivity (Wildman–Crippen MR) is 137 cm³/mol. The largest absolute Gasteiger partial charge is 0.340 e. The average Bonchev–Trinajstić information content (AvgIpc) is 3.38. The number of sulfonamides is 1. The number of amides is 1. The van der Waals surface area contributed by atoms with Gasteiger partial charge in [0.2, 0.25) is 27.6 Å². The smallest absolute Gasteiger partial charge is 0.243 e. The van der Waals surface area contributed by atoms with Gasteiger partial charge in [-0.15, -0.1) is 0 Å². The highest BCUT2D eigenvalue weighted by atomic mass is 79.9. The summed E-state index contributed by atoms with van der Waals surface area (Å²) < 4.78 is 33.7. The van der Waals surface area contributed by atoms with Crippen LogP contribution in [-0.4, -0.2) is 77.8 Å². The number of carbonyl (C=O) groups is 1. The van der Waals surface area contributed by atoms with Crippen molar-refractivity contribution in [3.05, 3.63) is 65.0 Å². The minimum atomic E-state index is -3.54. The number of likely N-dealkylation sites (tertiary alicyclic amines) is 1. The second-order valence-electron chi connectivity index (χ2n) is 9.14. The Balaban J connectivity index is 1.15. The maximum Gasteiger partial charge on any atom is 0.243 e. The molecule has 2 aliphatic heterocycles. The van der Waals surface area contributed by atoms with Gasteiger partial charge in [-0.25, -0.2) is 8.42 Å². The second-order valence-corrected chi connectivity index (χ2v) is 12.0. The normalized spacial score (nSPS) is 19.9. The zero-order valence-corrected chi connectivity index (χ0v) is 22.2. The molecule has 1 unspecified atom stereocenters. The lowest BCUT2D eigenvalue weighted by Crippen LogP contribution is -2.53. The first-order chi connectivity index (χ1) is 17.4. The van der Waals surface area contributed by atoms with Crippen molar-refractivity contribution in [2.24, 2.45) is 5.92 Å². The van der Waals surface area contributed by atoms with Crippen molar-refractivity contribution in [3.63, 3.8) is 0 Å². The van der Waals surface area contributed by atoms with Crippen molar-refractivity contribution in [1.82, 2.24) is 24.2 Å². The number of hydrogen-bond acceptors (Lipinski definition) is 7. The number of aromatic nitrogens is 2.